The van der Waals surface area contributed by atoms with Gasteiger partial charge in [0.2, 0.25) is 6.79 Å². The average molecular weight is 568 g/mol. The van der Waals surface area contributed by atoms with Crippen LogP contribution in [0.5, 0.6) is 11.5 Å². The first kappa shape index (κ1) is 24.0. The molecule has 0 aliphatic carbocycles. The highest BCUT2D eigenvalue weighted by Crippen LogP contribution is 2.35. The fourth-order valence-electron chi connectivity index (χ4n) is 4.69. The highest BCUT2D eigenvalue weighted by Gasteiger charge is 2.25. The van der Waals surface area contributed by atoms with Crippen LogP contribution in [0.25, 0.3) is 21.9 Å². The van der Waals surface area contributed by atoms with Gasteiger partial charge in [0.1, 0.15) is 12.3 Å². The zero-order valence-electron chi connectivity index (χ0n) is 20.2. The van der Waals surface area contributed by atoms with Crippen LogP contribution in [0.15, 0.2) is 106 Å². The normalized spacial score (nSPS) is 12.0. The van der Waals surface area contributed by atoms with E-state index in [1.807, 2.05) is 91.0 Å². The lowest BCUT2D eigenvalue weighted by Crippen LogP contribution is -2.29. The lowest BCUT2D eigenvalue weighted by atomic mass is 9.96. The number of halogens is 1. The van der Waals surface area contributed by atoms with Crippen molar-refractivity contribution < 1.29 is 19.0 Å². The summed E-state index contributed by atoms with van der Waals surface area (Å²) in [4.78, 5) is 27.8. The second-order valence-electron chi connectivity index (χ2n) is 8.92. The zero-order chi connectivity index (χ0) is 26.1. The van der Waals surface area contributed by atoms with Crippen LogP contribution in [-0.4, -0.2) is 17.3 Å². The number of esters is 1. The van der Waals surface area contributed by atoms with Crippen molar-refractivity contribution >= 4 is 32.7 Å². The second kappa shape index (κ2) is 10.2. The van der Waals surface area contributed by atoms with Crippen molar-refractivity contribution in [1.29, 1.82) is 0 Å². The van der Waals surface area contributed by atoms with E-state index in [2.05, 4.69) is 15.9 Å². The molecule has 0 unspecified atom stereocenters. The van der Waals surface area contributed by atoms with Crippen LogP contribution in [0.4, 0.5) is 0 Å². The van der Waals surface area contributed by atoms with Crippen molar-refractivity contribution in [2.75, 3.05) is 6.79 Å². The predicted molar refractivity (Wildman–Crippen MR) is 149 cm³/mol. The van der Waals surface area contributed by atoms with E-state index >= 15 is 0 Å². The third kappa shape index (κ3) is 4.57. The van der Waals surface area contributed by atoms with E-state index in [1.165, 1.54) is 4.57 Å². The minimum atomic E-state index is -0.576. The Labute approximate surface area is 227 Å². The SMILES string of the molecule is O=C(OCc1ccccc1)c1c(-c2ccccc2)c2cc(Br)ccc2c(=O)n1Cc1ccc2c(c1)OCO2. The number of hydrogen-bond acceptors (Lipinski definition) is 5. The molecule has 0 atom stereocenters. The van der Waals surface area contributed by atoms with Gasteiger partial charge >= 0.3 is 5.97 Å². The molecular weight excluding hydrogens is 546 g/mol. The Kier molecular flexibility index (Phi) is 6.43. The third-order valence-corrected chi connectivity index (χ3v) is 6.97. The Bertz CT molecular complexity index is 1710. The Morgan fingerprint density at radius 2 is 1.55 bits per heavy atom. The molecule has 0 saturated heterocycles. The predicted octanol–water partition coefficient (Wildman–Crippen LogP) is 6.57. The Morgan fingerprint density at radius 3 is 2.34 bits per heavy atom. The third-order valence-electron chi connectivity index (χ3n) is 6.48. The Balaban J connectivity index is 1.56. The largest absolute Gasteiger partial charge is 0.456 e. The highest BCUT2D eigenvalue weighted by atomic mass is 79.9. The smallest absolute Gasteiger partial charge is 0.356 e. The highest BCUT2D eigenvalue weighted by molar-refractivity contribution is 9.10. The van der Waals surface area contributed by atoms with Crippen molar-refractivity contribution in [3.8, 4) is 22.6 Å². The van der Waals surface area contributed by atoms with Crippen LogP contribution in [0.1, 0.15) is 21.6 Å². The number of pyridine rings is 1. The van der Waals surface area contributed by atoms with Gasteiger partial charge in [0, 0.05) is 15.4 Å². The molecule has 6 rings (SSSR count). The number of benzene rings is 4. The van der Waals surface area contributed by atoms with E-state index in [9.17, 15) is 9.59 Å². The molecule has 38 heavy (non-hydrogen) atoms. The summed E-state index contributed by atoms with van der Waals surface area (Å²) in [5.74, 6) is 0.682. The summed E-state index contributed by atoms with van der Waals surface area (Å²) in [7, 11) is 0. The van der Waals surface area contributed by atoms with Crippen LogP contribution in [0, 0.1) is 0 Å². The second-order valence-corrected chi connectivity index (χ2v) is 9.84. The van der Waals surface area contributed by atoms with Crippen molar-refractivity contribution in [2.45, 2.75) is 13.2 Å². The quantitative estimate of drug-likeness (QED) is 0.217. The van der Waals surface area contributed by atoms with Gasteiger partial charge in [0.15, 0.2) is 11.5 Å². The molecule has 1 aromatic heterocycles. The summed E-state index contributed by atoms with van der Waals surface area (Å²) in [5, 5.41) is 1.18. The van der Waals surface area contributed by atoms with E-state index in [0.717, 1.165) is 21.2 Å². The molecule has 0 bridgehead atoms. The summed E-state index contributed by atoms with van der Waals surface area (Å²) in [6, 6.07) is 30.1. The first-order valence-corrected chi connectivity index (χ1v) is 12.9. The van der Waals surface area contributed by atoms with Crippen LogP contribution in [0.2, 0.25) is 0 Å². The maximum absolute atomic E-state index is 13.9. The van der Waals surface area contributed by atoms with Crippen molar-refractivity contribution in [3.63, 3.8) is 0 Å². The number of ether oxygens (including phenoxy) is 3. The van der Waals surface area contributed by atoms with E-state index < -0.39 is 5.97 Å². The number of rotatable bonds is 6. The standard InChI is InChI=1S/C31H22BrNO5/c32-23-12-13-24-25(16-23)28(22-9-5-2-6-10-22)29(31(35)36-18-20-7-3-1-4-8-20)33(30(24)34)17-21-11-14-26-27(15-21)38-19-37-26/h1-16H,17-19H2. The van der Waals surface area contributed by atoms with Crippen LogP contribution in [-0.2, 0) is 17.9 Å². The van der Waals surface area contributed by atoms with Crippen LogP contribution < -0.4 is 15.0 Å². The van der Waals surface area contributed by atoms with Crippen LogP contribution >= 0.6 is 15.9 Å². The Hall–Kier alpha value is -4.36. The van der Waals surface area contributed by atoms with Crippen molar-refractivity contribution in [2.24, 2.45) is 0 Å². The number of aromatic nitrogens is 1. The van der Waals surface area contributed by atoms with Gasteiger partial charge in [-0.05, 0) is 52.4 Å². The molecule has 2 heterocycles. The van der Waals surface area contributed by atoms with E-state index in [1.54, 1.807) is 6.07 Å². The van der Waals surface area contributed by atoms with Gasteiger partial charge in [-0.25, -0.2) is 4.79 Å². The fourth-order valence-corrected chi connectivity index (χ4v) is 5.05. The van der Waals surface area contributed by atoms with Gasteiger partial charge in [-0.15, -0.1) is 0 Å². The van der Waals surface area contributed by atoms with E-state index in [-0.39, 0.29) is 31.2 Å². The molecule has 1 aliphatic heterocycles. The van der Waals surface area contributed by atoms with Gasteiger partial charge in [-0.1, -0.05) is 82.7 Å². The molecule has 0 radical (unpaired) electrons. The average Bonchev–Trinajstić information content (AvgIpc) is 3.42. The molecule has 5 aromatic rings. The maximum atomic E-state index is 13.9. The summed E-state index contributed by atoms with van der Waals surface area (Å²) in [6.45, 7) is 0.387. The molecule has 7 heteroatoms. The van der Waals surface area contributed by atoms with Crippen molar-refractivity contribution in [1.82, 2.24) is 4.57 Å². The van der Waals surface area contributed by atoms with Gasteiger partial charge in [-0.2, -0.15) is 0 Å². The van der Waals surface area contributed by atoms with E-state index in [4.69, 9.17) is 14.2 Å². The monoisotopic (exact) mass is 567 g/mol. The van der Waals surface area contributed by atoms with Crippen LogP contribution in [0.3, 0.4) is 0 Å². The summed E-state index contributed by atoms with van der Waals surface area (Å²) >= 11 is 3.54. The number of fused-ring (bicyclic) bond motifs is 2. The summed E-state index contributed by atoms with van der Waals surface area (Å²) in [6.07, 6.45) is 0. The molecule has 4 aromatic carbocycles. The molecule has 0 amide bonds. The molecule has 6 nitrogen and oxygen atoms in total. The maximum Gasteiger partial charge on any atom is 0.356 e. The minimum absolute atomic E-state index is 0.0860. The first-order chi connectivity index (χ1) is 18.6. The molecule has 0 spiro atoms. The molecule has 0 fully saturated rings. The molecule has 188 valence electrons. The van der Waals surface area contributed by atoms with Gasteiger partial charge < -0.3 is 14.2 Å². The minimum Gasteiger partial charge on any atom is -0.456 e. The summed E-state index contributed by atoms with van der Waals surface area (Å²) in [5.41, 5.74) is 3.01. The van der Waals surface area contributed by atoms with E-state index in [0.29, 0.717) is 27.8 Å². The fraction of sp³-hybridized carbons (Fsp3) is 0.0968. The topological polar surface area (TPSA) is 66.8 Å². The number of carbonyl (C=O) groups is 1. The molecule has 1 aliphatic rings. The lowest BCUT2D eigenvalue weighted by molar-refractivity contribution is 0.0460. The molecule has 0 N–H and O–H groups in total. The molecular formula is C31H22BrNO5. The van der Waals surface area contributed by atoms with Gasteiger partial charge in [0.05, 0.1) is 6.54 Å². The van der Waals surface area contributed by atoms with Crippen molar-refractivity contribution in [3.05, 3.63) is 129 Å². The zero-order valence-corrected chi connectivity index (χ0v) is 21.8. The Morgan fingerprint density at radius 1 is 0.816 bits per heavy atom. The number of hydrogen-bond donors (Lipinski definition) is 0. The molecule has 0 saturated carbocycles. The number of carbonyl (C=O) groups excluding carboxylic acids is 1. The van der Waals surface area contributed by atoms with Gasteiger partial charge in [0.25, 0.3) is 5.56 Å². The summed E-state index contributed by atoms with van der Waals surface area (Å²) < 4.78 is 19.1. The lowest BCUT2D eigenvalue weighted by Gasteiger charge is -2.20. The number of nitrogens with zero attached hydrogens (tertiary/aromatic N) is 1. The van der Waals surface area contributed by atoms with Gasteiger partial charge in [-0.3, -0.25) is 9.36 Å². The first-order valence-electron chi connectivity index (χ1n) is 12.1.